The van der Waals surface area contributed by atoms with Gasteiger partial charge < -0.3 is 19.7 Å². The number of likely N-dealkylation sites (N-methyl/N-ethyl adjacent to an activating group) is 1. The lowest BCUT2D eigenvalue weighted by atomic mass is 10.0. The third-order valence-electron chi connectivity index (χ3n) is 3.75. The van der Waals surface area contributed by atoms with Crippen molar-refractivity contribution in [3.05, 3.63) is 29.8 Å². The highest BCUT2D eigenvalue weighted by Gasteiger charge is 2.23. The third kappa shape index (κ3) is 4.44. The molecule has 0 aliphatic carbocycles. The van der Waals surface area contributed by atoms with Crippen LogP contribution in [0, 0.1) is 0 Å². The monoisotopic (exact) mass is 292 g/mol. The van der Waals surface area contributed by atoms with Crippen LogP contribution in [0.1, 0.15) is 23.2 Å². The number of ether oxygens (including phenoxy) is 2. The summed E-state index contributed by atoms with van der Waals surface area (Å²) in [6.07, 6.45) is 2.17. The number of likely N-dealkylation sites (tertiary alicyclic amines) is 1. The summed E-state index contributed by atoms with van der Waals surface area (Å²) in [6, 6.07) is 7.76. The molecule has 1 unspecified atom stereocenters. The molecule has 5 nitrogen and oxygen atoms in total. The predicted octanol–water partition coefficient (Wildman–Crippen LogP) is 1.54. The van der Waals surface area contributed by atoms with E-state index in [0.29, 0.717) is 30.6 Å². The van der Waals surface area contributed by atoms with Crippen LogP contribution in [-0.4, -0.2) is 57.3 Å². The van der Waals surface area contributed by atoms with E-state index in [1.807, 2.05) is 30.1 Å². The number of benzene rings is 1. The topological polar surface area (TPSA) is 50.8 Å². The molecule has 1 amide bonds. The molecule has 1 aromatic rings. The number of carbonyl (C=O) groups excluding carboxylic acids is 1. The summed E-state index contributed by atoms with van der Waals surface area (Å²) in [4.78, 5) is 14.5. The Kier molecular flexibility index (Phi) is 6.02. The molecule has 0 aromatic heterocycles. The first-order valence-electron chi connectivity index (χ1n) is 7.43. The van der Waals surface area contributed by atoms with Gasteiger partial charge in [0.1, 0.15) is 12.4 Å². The van der Waals surface area contributed by atoms with E-state index < -0.39 is 0 Å². The summed E-state index contributed by atoms with van der Waals surface area (Å²) in [5.74, 6) is 0.784. The quantitative estimate of drug-likeness (QED) is 0.808. The van der Waals surface area contributed by atoms with E-state index in [-0.39, 0.29) is 5.91 Å². The van der Waals surface area contributed by atoms with Crippen LogP contribution in [0.3, 0.4) is 0 Å². The van der Waals surface area contributed by atoms with E-state index in [1.165, 1.54) is 0 Å². The van der Waals surface area contributed by atoms with Crippen molar-refractivity contribution < 1.29 is 14.3 Å². The first-order valence-corrected chi connectivity index (χ1v) is 7.43. The van der Waals surface area contributed by atoms with Gasteiger partial charge in [-0.2, -0.15) is 0 Å². The first kappa shape index (κ1) is 15.8. The molecule has 1 N–H and O–H groups in total. The summed E-state index contributed by atoms with van der Waals surface area (Å²) in [5.41, 5.74) is 0.682. The second-order valence-corrected chi connectivity index (χ2v) is 5.25. The molecule has 2 rings (SSSR count). The second-order valence-electron chi connectivity index (χ2n) is 5.25. The molecule has 1 saturated heterocycles. The molecule has 0 bridgehead atoms. The van der Waals surface area contributed by atoms with Gasteiger partial charge >= 0.3 is 0 Å². The number of nitrogens with one attached hydrogen (secondary N) is 1. The fourth-order valence-electron chi connectivity index (χ4n) is 2.54. The Morgan fingerprint density at radius 3 is 3.05 bits per heavy atom. The molecule has 0 spiro atoms. The molecule has 21 heavy (non-hydrogen) atoms. The molecular formula is C16H24N2O3. The third-order valence-corrected chi connectivity index (χ3v) is 3.75. The van der Waals surface area contributed by atoms with Crippen LogP contribution in [0.2, 0.25) is 0 Å². The van der Waals surface area contributed by atoms with Gasteiger partial charge in [0.05, 0.1) is 6.61 Å². The lowest BCUT2D eigenvalue weighted by Gasteiger charge is -2.32. The molecule has 1 atom stereocenters. The second kappa shape index (κ2) is 8.00. The van der Waals surface area contributed by atoms with Crippen LogP contribution in [0.25, 0.3) is 0 Å². The largest absolute Gasteiger partial charge is 0.491 e. The first-order chi connectivity index (χ1) is 10.2. The minimum atomic E-state index is 0.0761. The van der Waals surface area contributed by atoms with Crippen LogP contribution < -0.4 is 10.1 Å². The minimum Gasteiger partial charge on any atom is -0.491 e. The summed E-state index contributed by atoms with van der Waals surface area (Å²) < 4.78 is 10.5. The Hall–Kier alpha value is -1.59. The predicted molar refractivity (Wildman–Crippen MR) is 81.8 cm³/mol. The summed E-state index contributed by atoms with van der Waals surface area (Å²) in [6.45, 7) is 2.61. The molecule has 116 valence electrons. The maximum atomic E-state index is 12.6. The SMILES string of the molecule is CNC1CCCN(C(=O)c2cccc(OCCOC)c2)C1. The summed E-state index contributed by atoms with van der Waals surface area (Å²) in [5, 5.41) is 3.25. The van der Waals surface area contributed by atoms with Crippen LogP contribution in [-0.2, 0) is 4.74 Å². The zero-order chi connectivity index (χ0) is 15.1. The van der Waals surface area contributed by atoms with Crippen molar-refractivity contribution in [1.29, 1.82) is 0 Å². The lowest BCUT2D eigenvalue weighted by Crippen LogP contribution is -2.46. The minimum absolute atomic E-state index is 0.0761. The number of piperidine rings is 1. The van der Waals surface area contributed by atoms with Crippen LogP contribution >= 0.6 is 0 Å². The molecule has 0 saturated carbocycles. The number of hydrogen-bond donors (Lipinski definition) is 1. The van der Waals surface area contributed by atoms with E-state index in [2.05, 4.69) is 5.32 Å². The summed E-state index contributed by atoms with van der Waals surface area (Å²) in [7, 11) is 3.58. The average Bonchev–Trinajstić information content (AvgIpc) is 2.55. The molecular weight excluding hydrogens is 268 g/mol. The van der Waals surface area contributed by atoms with Gasteiger partial charge in [-0.15, -0.1) is 0 Å². The highest BCUT2D eigenvalue weighted by molar-refractivity contribution is 5.94. The zero-order valence-corrected chi connectivity index (χ0v) is 12.8. The Morgan fingerprint density at radius 1 is 1.43 bits per heavy atom. The number of methoxy groups -OCH3 is 1. The van der Waals surface area contributed by atoms with Crippen LogP contribution in [0.15, 0.2) is 24.3 Å². The Bertz CT molecular complexity index is 465. The van der Waals surface area contributed by atoms with Gasteiger partial charge in [0.2, 0.25) is 0 Å². The van der Waals surface area contributed by atoms with Crippen molar-refractivity contribution >= 4 is 5.91 Å². The van der Waals surface area contributed by atoms with Gasteiger partial charge in [0, 0.05) is 31.8 Å². The number of hydrogen-bond acceptors (Lipinski definition) is 4. The Morgan fingerprint density at radius 2 is 2.29 bits per heavy atom. The van der Waals surface area contributed by atoms with E-state index in [9.17, 15) is 4.79 Å². The molecule has 5 heteroatoms. The van der Waals surface area contributed by atoms with E-state index in [4.69, 9.17) is 9.47 Å². The van der Waals surface area contributed by atoms with E-state index in [0.717, 1.165) is 25.9 Å². The van der Waals surface area contributed by atoms with Gasteiger partial charge in [0.25, 0.3) is 5.91 Å². The number of rotatable bonds is 6. The zero-order valence-electron chi connectivity index (χ0n) is 12.8. The lowest BCUT2D eigenvalue weighted by molar-refractivity contribution is 0.0697. The highest BCUT2D eigenvalue weighted by Crippen LogP contribution is 2.18. The number of carbonyl (C=O) groups is 1. The van der Waals surface area contributed by atoms with E-state index in [1.54, 1.807) is 13.2 Å². The van der Waals surface area contributed by atoms with Gasteiger partial charge in [-0.05, 0) is 38.1 Å². The molecule has 1 aliphatic rings. The average molecular weight is 292 g/mol. The van der Waals surface area contributed by atoms with Gasteiger partial charge in [0.15, 0.2) is 0 Å². The number of amides is 1. The smallest absolute Gasteiger partial charge is 0.254 e. The highest BCUT2D eigenvalue weighted by atomic mass is 16.5. The van der Waals surface area contributed by atoms with Crippen molar-refractivity contribution in [1.82, 2.24) is 10.2 Å². The molecule has 1 aliphatic heterocycles. The van der Waals surface area contributed by atoms with Crippen molar-refractivity contribution in [3.8, 4) is 5.75 Å². The molecule has 1 heterocycles. The van der Waals surface area contributed by atoms with E-state index >= 15 is 0 Å². The summed E-state index contributed by atoms with van der Waals surface area (Å²) >= 11 is 0. The van der Waals surface area contributed by atoms with Crippen molar-refractivity contribution in [3.63, 3.8) is 0 Å². The Balaban J connectivity index is 1.99. The fourth-order valence-corrected chi connectivity index (χ4v) is 2.54. The van der Waals surface area contributed by atoms with Crippen molar-refractivity contribution in [2.75, 3.05) is 40.5 Å². The Labute approximate surface area is 126 Å². The van der Waals surface area contributed by atoms with Gasteiger partial charge in [-0.25, -0.2) is 0 Å². The van der Waals surface area contributed by atoms with Gasteiger partial charge in [-0.1, -0.05) is 6.07 Å². The fraction of sp³-hybridized carbons (Fsp3) is 0.562. The van der Waals surface area contributed by atoms with Crippen molar-refractivity contribution in [2.24, 2.45) is 0 Å². The van der Waals surface area contributed by atoms with Crippen LogP contribution in [0.4, 0.5) is 0 Å². The molecule has 1 aromatic carbocycles. The van der Waals surface area contributed by atoms with Crippen LogP contribution in [0.5, 0.6) is 5.75 Å². The molecule has 0 radical (unpaired) electrons. The maximum absolute atomic E-state index is 12.6. The van der Waals surface area contributed by atoms with Crippen molar-refractivity contribution in [2.45, 2.75) is 18.9 Å². The maximum Gasteiger partial charge on any atom is 0.254 e. The standard InChI is InChI=1S/C16H24N2O3/c1-17-14-6-4-8-18(12-14)16(19)13-5-3-7-15(11-13)21-10-9-20-2/h3,5,7,11,14,17H,4,6,8-10,12H2,1-2H3. The molecule has 1 fully saturated rings. The van der Waals surface area contributed by atoms with Gasteiger partial charge in [-0.3, -0.25) is 4.79 Å². The number of nitrogens with zero attached hydrogens (tertiary/aromatic N) is 1. The normalized spacial score (nSPS) is 18.6.